The molecule has 2 heterocycles. The van der Waals surface area contributed by atoms with E-state index in [-0.39, 0.29) is 12.0 Å². The van der Waals surface area contributed by atoms with Gasteiger partial charge >= 0.3 is 0 Å². The van der Waals surface area contributed by atoms with Gasteiger partial charge in [-0.25, -0.2) is 0 Å². The van der Waals surface area contributed by atoms with E-state index in [0.717, 1.165) is 83.0 Å². The third kappa shape index (κ3) is 3.76. The number of rotatable bonds is 6. The summed E-state index contributed by atoms with van der Waals surface area (Å²) in [6, 6.07) is 9.93. The molecule has 2 aromatic carbocycles. The zero-order valence-electron chi connectivity index (χ0n) is 18.4. The van der Waals surface area contributed by atoms with Gasteiger partial charge in [-0.05, 0) is 72.7 Å². The van der Waals surface area contributed by atoms with E-state index in [1.54, 1.807) is 7.11 Å². The summed E-state index contributed by atoms with van der Waals surface area (Å²) in [5.41, 5.74) is 2.35. The van der Waals surface area contributed by atoms with Crippen LogP contribution >= 0.6 is 27.9 Å². The van der Waals surface area contributed by atoms with E-state index in [9.17, 15) is 4.79 Å². The number of hydrogen-bond acceptors (Lipinski definition) is 6. The van der Waals surface area contributed by atoms with Gasteiger partial charge in [0.2, 0.25) is 5.91 Å². The molecule has 2 N–H and O–H groups in total. The van der Waals surface area contributed by atoms with Crippen LogP contribution in [0.1, 0.15) is 37.7 Å². The lowest BCUT2D eigenvalue weighted by molar-refractivity contribution is -0.123. The summed E-state index contributed by atoms with van der Waals surface area (Å²) < 4.78 is 16.4. The molecule has 1 spiro atoms. The van der Waals surface area contributed by atoms with E-state index < -0.39 is 5.41 Å². The number of amides is 1. The van der Waals surface area contributed by atoms with Crippen molar-refractivity contribution < 1.29 is 14.3 Å². The largest absolute Gasteiger partial charge is 0.496 e. The van der Waals surface area contributed by atoms with Gasteiger partial charge in [-0.3, -0.25) is 4.79 Å². The molecule has 0 radical (unpaired) electrons. The van der Waals surface area contributed by atoms with Crippen molar-refractivity contribution in [1.82, 2.24) is 4.90 Å². The van der Waals surface area contributed by atoms with Crippen LogP contribution in [0.2, 0.25) is 0 Å². The number of carbonyl (C=O) groups is 1. The minimum absolute atomic E-state index is 0.0993. The minimum atomic E-state index is -0.439. The van der Waals surface area contributed by atoms with E-state index in [1.165, 1.54) is 11.9 Å². The Balaban J connectivity index is 1.49. The Morgan fingerprint density at radius 2 is 1.97 bits per heavy atom. The van der Waals surface area contributed by atoms with Crippen LogP contribution in [0.15, 0.2) is 39.7 Å². The van der Waals surface area contributed by atoms with E-state index in [4.69, 9.17) is 9.47 Å². The number of para-hydroxylation sites is 1. The number of fused-ring (bicyclic) bond motifs is 2. The highest BCUT2D eigenvalue weighted by molar-refractivity contribution is 9.10. The van der Waals surface area contributed by atoms with Gasteiger partial charge in [-0.2, -0.15) is 0 Å². The monoisotopic (exact) mass is 517 g/mol. The lowest BCUT2D eigenvalue weighted by Gasteiger charge is -2.37. The highest BCUT2D eigenvalue weighted by Gasteiger charge is 2.53. The molecule has 1 saturated heterocycles. The molecular formula is C24H28BrN3O3S. The van der Waals surface area contributed by atoms with Gasteiger partial charge < -0.3 is 24.4 Å². The van der Waals surface area contributed by atoms with E-state index in [2.05, 4.69) is 37.9 Å². The highest BCUT2D eigenvalue weighted by Crippen LogP contribution is 2.58. The number of halogens is 1. The van der Waals surface area contributed by atoms with Gasteiger partial charge in [0.15, 0.2) is 0 Å². The Kier molecular flexibility index (Phi) is 6.03. The second kappa shape index (κ2) is 8.80. The lowest BCUT2D eigenvalue weighted by atomic mass is 9.65. The Bertz CT molecular complexity index is 1040. The molecule has 2 aliphatic heterocycles. The summed E-state index contributed by atoms with van der Waals surface area (Å²) >= 11 is 5.32. The first-order valence-electron chi connectivity index (χ1n) is 11.1. The first-order chi connectivity index (χ1) is 15.5. The molecule has 2 aromatic rings. The smallest absolute Gasteiger partial charge is 0.235 e. The van der Waals surface area contributed by atoms with Crippen LogP contribution in [0.25, 0.3) is 0 Å². The summed E-state index contributed by atoms with van der Waals surface area (Å²) in [5.74, 6) is 1.68. The molecule has 6 nitrogen and oxygen atoms in total. The lowest BCUT2D eigenvalue weighted by Crippen LogP contribution is -2.41. The van der Waals surface area contributed by atoms with Crippen LogP contribution in [0.3, 0.4) is 0 Å². The molecule has 8 heteroatoms. The topological polar surface area (TPSA) is 62.8 Å². The Morgan fingerprint density at radius 3 is 2.66 bits per heavy atom. The number of likely N-dealkylation sites (tertiary alicyclic amines) is 1. The minimum Gasteiger partial charge on any atom is -0.496 e. The number of carbonyl (C=O) groups excluding carboxylic acids is 1. The number of anilines is 2. The van der Waals surface area contributed by atoms with E-state index in [1.807, 2.05) is 30.3 Å². The fourth-order valence-corrected chi connectivity index (χ4v) is 6.53. The van der Waals surface area contributed by atoms with Crippen molar-refractivity contribution in [2.45, 2.75) is 48.5 Å². The van der Waals surface area contributed by atoms with Crippen LogP contribution < -0.4 is 19.5 Å². The van der Waals surface area contributed by atoms with E-state index >= 15 is 0 Å². The van der Waals surface area contributed by atoms with Crippen molar-refractivity contribution in [1.29, 1.82) is 0 Å². The van der Waals surface area contributed by atoms with Gasteiger partial charge in [0, 0.05) is 29.2 Å². The molecule has 0 unspecified atom stereocenters. The van der Waals surface area contributed by atoms with Crippen molar-refractivity contribution >= 4 is 45.2 Å². The Labute approximate surface area is 201 Å². The first-order valence-corrected chi connectivity index (χ1v) is 12.7. The molecule has 0 bridgehead atoms. The van der Waals surface area contributed by atoms with Crippen LogP contribution in [0, 0.1) is 0 Å². The predicted octanol–water partition coefficient (Wildman–Crippen LogP) is 5.42. The van der Waals surface area contributed by atoms with Crippen LogP contribution in [-0.4, -0.2) is 44.2 Å². The SMILES string of the molecule is COc1ccccc1SNc1cc(OC2CCN(C)CC2)c2c(c1Br)C1(CCC1)C(=O)N2. The van der Waals surface area contributed by atoms with Crippen molar-refractivity contribution in [2.24, 2.45) is 0 Å². The number of benzene rings is 2. The number of hydrogen-bond donors (Lipinski definition) is 2. The number of methoxy groups -OCH3 is 1. The predicted molar refractivity (Wildman–Crippen MR) is 132 cm³/mol. The van der Waals surface area contributed by atoms with Crippen LogP contribution in [-0.2, 0) is 10.2 Å². The summed E-state index contributed by atoms with van der Waals surface area (Å²) in [6.07, 6.45) is 4.94. The molecule has 3 aliphatic rings. The fourth-order valence-electron chi connectivity index (χ4n) is 4.82. The van der Waals surface area contributed by atoms with E-state index in [0.29, 0.717) is 0 Å². The number of nitrogens with one attached hydrogen (secondary N) is 2. The molecule has 32 heavy (non-hydrogen) atoms. The Morgan fingerprint density at radius 1 is 1.22 bits per heavy atom. The third-order valence-electron chi connectivity index (χ3n) is 6.89. The first kappa shape index (κ1) is 21.9. The molecule has 1 amide bonds. The maximum Gasteiger partial charge on any atom is 0.235 e. The number of ether oxygens (including phenoxy) is 2. The van der Waals surface area contributed by atoms with Gasteiger partial charge in [0.25, 0.3) is 0 Å². The summed E-state index contributed by atoms with van der Waals surface area (Å²) in [6.45, 7) is 2.04. The van der Waals surface area contributed by atoms with Gasteiger partial charge in [0.1, 0.15) is 17.6 Å². The highest BCUT2D eigenvalue weighted by atomic mass is 79.9. The van der Waals surface area contributed by atoms with Crippen LogP contribution in [0.4, 0.5) is 11.4 Å². The van der Waals surface area contributed by atoms with Crippen LogP contribution in [0.5, 0.6) is 11.5 Å². The normalized spacial score (nSPS) is 19.9. The zero-order chi connectivity index (χ0) is 22.3. The maximum atomic E-state index is 13.0. The average molecular weight is 518 g/mol. The second-order valence-electron chi connectivity index (χ2n) is 8.85. The maximum absolute atomic E-state index is 13.0. The van der Waals surface area contributed by atoms with Gasteiger partial charge in [-0.1, -0.05) is 18.6 Å². The summed E-state index contributed by atoms with van der Waals surface area (Å²) in [4.78, 5) is 16.3. The third-order valence-corrected chi connectivity index (χ3v) is 8.59. The molecule has 1 aliphatic carbocycles. The van der Waals surface area contributed by atoms with Crippen molar-refractivity contribution in [3.8, 4) is 11.5 Å². The van der Waals surface area contributed by atoms with Gasteiger partial charge in [-0.15, -0.1) is 0 Å². The fraction of sp³-hybridized carbons (Fsp3) is 0.458. The number of nitrogens with zero attached hydrogens (tertiary/aromatic N) is 1. The van der Waals surface area contributed by atoms with Crippen molar-refractivity contribution in [3.63, 3.8) is 0 Å². The molecule has 1 saturated carbocycles. The molecule has 170 valence electrons. The zero-order valence-corrected chi connectivity index (χ0v) is 20.8. The standard InChI is InChI=1S/C24H28BrN3O3S/c1-28-12-8-15(9-13-28)31-18-14-16(27-32-19-7-4-3-6-17(19)30-2)21(25)20-22(18)26-23(29)24(20)10-5-11-24/h3-4,6-7,14-15,27H,5,8-13H2,1-2H3,(H,26,29). The average Bonchev–Trinajstić information content (AvgIpc) is 3.10. The molecule has 2 fully saturated rings. The van der Waals surface area contributed by atoms with Crippen molar-refractivity contribution in [2.75, 3.05) is 37.3 Å². The van der Waals surface area contributed by atoms with Crippen molar-refractivity contribution in [3.05, 3.63) is 40.4 Å². The summed E-state index contributed by atoms with van der Waals surface area (Å²) in [7, 11) is 3.82. The van der Waals surface area contributed by atoms with Gasteiger partial charge in [0.05, 0.1) is 28.8 Å². The quantitative estimate of drug-likeness (QED) is 0.498. The molecule has 0 aromatic heterocycles. The molecule has 5 rings (SSSR count). The Hall–Kier alpha value is -1.90. The molecule has 0 atom stereocenters. The summed E-state index contributed by atoms with van der Waals surface area (Å²) in [5, 5.41) is 3.16. The second-order valence-corrected chi connectivity index (χ2v) is 10.5. The number of piperidine rings is 1. The molecular weight excluding hydrogens is 490 g/mol.